The van der Waals surface area contributed by atoms with Crippen LogP contribution in [0.4, 0.5) is 0 Å². The van der Waals surface area contributed by atoms with Gasteiger partial charge in [-0.3, -0.25) is 4.90 Å². The monoisotopic (exact) mass is 250 g/mol. The molecule has 2 nitrogen and oxygen atoms in total. The smallest absolute Gasteiger partial charge is 0.0340 e. The van der Waals surface area contributed by atoms with Crippen LogP contribution < -0.4 is 5.73 Å². The van der Waals surface area contributed by atoms with Crippen molar-refractivity contribution in [1.29, 1.82) is 0 Å². The predicted molar refractivity (Wildman–Crippen MR) is 76.4 cm³/mol. The molecule has 2 heteroatoms. The van der Waals surface area contributed by atoms with Crippen LogP contribution in [0.3, 0.4) is 0 Å². The largest absolute Gasteiger partial charge is 0.329 e. The lowest BCUT2D eigenvalue weighted by Crippen LogP contribution is -2.66. The van der Waals surface area contributed by atoms with Crippen molar-refractivity contribution in [2.24, 2.45) is 23.5 Å². The zero-order chi connectivity index (χ0) is 12.8. The Balaban J connectivity index is 1.72. The van der Waals surface area contributed by atoms with Gasteiger partial charge in [0.1, 0.15) is 0 Å². The van der Waals surface area contributed by atoms with Gasteiger partial charge in [-0.25, -0.2) is 0 Å². The van der Waals surface area contributed by atoms with Crippen LogP contribution in [0.5, 0.6) is 0 Å². The maximum atomic E-state index is 6.20. The Morgan fingerprint density at radius 2 is 1.89 bits per heavy atom. The van der Waals surface area contributed by atoms with E-state index in [1.54, 1.807) is 0 Å². The van der Waals surface area contributed by atoms with Gasteiger partial charge in [0, 0.05) is 18.1 Å². The molecule has 2 N–H and O–H groups in total. The second-order valence-electron chi connectivity index (χ2n) is 7.43. The minimum absolute atomic E-state index is 0.391. The molecule has 1 aliphatic heterocycles. The minimum Gasteiger partial charge on any atom is -0.329 e. The van der Waals surface area contributed by atoms with Crippen molar-refractivity contribution < 1.29 is 0 Å². The Morgan fingerprint density at radius 1 is 1.17 bits per heavy atom. The molecule has 0 bridgehead atoms. The first-order valence-corrected chi connectivity index (χ1v) is 8.13. The Kier molecular flexibility index (Phi) is 3.44. The Morgan fingerprint density at radius 3 is 2.56 bits per heavy atom. The van der Waals surface area contributed by atoms with Gasteiger partial charge in [-0.05, 0) is 62.8 Å². The highest BCUT2D eigenvalue weighted by atomic mass is 15.3. The van der Waals surface area contributed by atoms with Crippen LogP contribution in [-0.4, -0.2) is 29.6 Å². The lowest BCUT2D eigenvalue weighted by atomic mass is 9.62. The van der Waals surface area contributed by atoms with Gasteiger partial charge >= 0.3 is 0 Å². The highest BCUT2D eigenvalue weighted by Gasteiger charge is 2.52. The second-order valence-corrected chi connectivity index (χ2v) is 7.43. The summed E-state index contributed by atoms with van der Waals surface area (Å²) in [7, 11) is 0. The fourth-order valence-corrected chi connectivity index (χ4v) is 4.95. The third-order valence-electron chi connectivity index (χ3n) is 6.21. The summed E-state index contributed by atoms with van der Waals surface area (Å²) in [6, 6.07) is 0.885. The molecule has 0 aromatic carbocycles. The van der Waals surface area contributed by atoms with Gasteiger partial charge < -0.3 is 5.73 Å². The zero-order valence-electron chi connectivity index (χ0n) is 12.2. The number of fused-ring (bicyclic) bond motifs is 1. The van der Waals surface area contributed by atoms with Crippen LogP contribution in [0, 0.1) is 17.8 Å². The average molecular weight is 250 g/mol. The molecule has 2 unspecified atom stereocenters. The Labute approximate surface area is 112 Å². The van der Waals surface area contributed by atoms with E-state index in [0.29, 0.717) is 5.54 Å². The molecule has 0 spiro atoms. The standard InChI is InChI=1S/C16H30N2/c1-12(2)14-9-16(10-14,11-17)18-8-4-6-13-5-3-7-15(13)18/h12-15H,3-11,17H2,1-2H3. The third kappa shape index (κ3) is 1.92. The molecule has 1 heterocycles. The Hall–Kier alpha value is -0.0800. The topological polar surface area (TPSA) is 29.3 Å². The molecule has 3 rings (SSSR count). The van der Waals surface area contributed by atoms with E-state index in [4.69, 9.17) is 5.73 Å². The second kappa shape index (κ2) is 4.79. The van der Waals surface area contributed by atoms with E-state index in [1.165, 1.54) is 51.5 Å². The molecule has 104 valence electrons. The van der Waals surface area contributed by atoms with E-state index in [9.17, 15) is 0 Å². The van der Waals surface area contributed by atoms with Gasteiger partial charge in [-0.15, -0.1) is 0 Å². The summed E-state index contributed by atoms with van der Waals surface area (Å²) >= 11 is 0. The summed E-state index contributed by atoms with van der Waals surface area (Å²) in [5, 5.41) is 0. The van der Waals surface area contributed by atoms with Crippen LogP contribution in [-0.2, 0) is 0 Å². The maximum absolute atomic E-state index is 6.20. The van der Waals surface area contributed by atoms with Gasteiger partial charge in [-0.1, -0.05) is 20.3 Å². The molecule has 0 radical (unpaired) electrons. The molecular formula is C16H30N2. The SMILES string of the molecule is CC(C)C1CC(CN)(N2CCCC3CCCC32)C1. The number of hydrogen-bond donors (Lipinski definition) is 1. The lowest BCUT2D eigenvalue weighted by molar-refractivity contribution is -0.0814. The van der Waals surface area contributed by atoms with Crippen molar-refractivity contribution in [3.63, 3.8) is 0 Å². The normalized spacial score (nSPS) is 45.0. The molecule has 0 amide bonds. The summed E-state index contributed by atoms with van der Waals surface area (Å²) in [5.74, 6) is 2.77. The minimum atomic E-state index is 0.391. The van der Waals surface area contributed by atoms with E-state index < -0.39 is 0 Å². The number of nitrogens with two attached hydrogens (primary N) is 1. The van der Waals surface area contributed by atoms with E-state index in [1.807, 2.05) is 0 Å². The van der Waals surface area contributed by atoms with Crippen LogP contribution in [0.25, 0.3) is 0 Å². The molecule has 0 aromatic rings. The van der Waals surface area contributed by atoms with Gasteiger partial charge in [0.25, 0.3) is 0 Å². The highest BCUT2D eigenvalue weighted by molar-refractivity contribution is 5.08. The summed E-state index contributed by atoms with van der Waals surface area (Å²) in [6.45, 7) is 6.96. The lowest BCUT2D eigenvalue weighted by Gasteiger charge is -2.59. The molecule has 18 heavy (non-hydrogen) atoms. The van der Waals surface area contributed by atoms with Crippen molar-refractivity contribution in [1.82, 2.24) is 4.90 Å². The molecule has 2 saturated carbocycles. The summed E-state index contributed by atoms with van der Waals surface area (Å²) in [5.41, 5.74) is 6.59. The number of hydrogen-bond acceptors (Lipinski definition) is 2. The van der Waals surface area contributed by atoms with Crippen molar-refractivity contribution in [3.05, 3.63) is 0 Å². The quantitative estimate of drug-likeness (QED) is 0.834. The van der Waals surface area contributed by atoms with Crippen LogP contribution in [0.2, 0.25) is 0 Å². The molecule has 2 atom stereocenters. The predicted octanol–water partition coefficient (Wildman–Crippen LogP) is 3.01. The molecule has 2 aliphatic carbocycles. The van der Waals surface area contributed by atoms with Gasteiger partial charge in [0.05, 0.1) is 0 Å². The first-order chi connectivity index (χ1) is 8.66. The van der Waals surface area contributed by atoms with E-state index in [2.05, 4.69) is 18.7 Å². The van der Waals surface area contributed by atoms with E-state index in [-0.39, 0.29) is 0 Å². The zero-order valence-corrected chi connectivity index (χ0v) is 12.2. The van der Waals surface area contributed by atoms with Crippen molar-refractivity contribution in [3.8, 4) is 0 Å². The molecule has 1 saturated heterocycles. The number of nitrogens with zero attached hydrogens (tertiary/aromatic N) is 1. The summed E-state index contributed by atoms with van der Waals surface area (Å²) < 4.78 is 0. The van der Waals surface area contributed by atoms with E-state index >= 15 is 0 Å². The third-order valence-corrected chi connectivity index (χ3v) is 6.21. The number of rotatable bonds is 3. The molecule has 0 aromatic heterocycles. The average Bonchev–Trinajstić information content (AvgIpc) is 2.76. The number of likely N-dealkylation sites (tertiary alicyclic amines) is 1. The van der Waals surface area contributed by atoms with Crippen molar-refractivity contribution in [2.75, 3.05) is 13.1 Å². The summed E-state index contributed by atoms with van der Waals surface area (Å²) in [4.78, 5) is 2.87. The molecule has 3 aliphatic rings. The maximum Gasteiger partial charge on any atom is 0.0340 e. The Bertz CT molecular complexity index is 293. The van der Waals surface area contributed by atoms with Gasteiger partial charge in [-0.2, -0.15) is 0 Å². The molecular weight excluding hydrogens is 220 g/mol. The van der Waals surface area contributed by atoms with Crippen LogP contribution in [0.15, 0.2) is 0 Å². The van der Waals surface area contributed by atoms with Crippen LogP contribution >= 0.6 is 0 Å². The first kappa shape index (κ1) is 12.9. The summed E-state index contributed by atoms with van der Waals surface area (Å²) in [6.07, 6.45) is 10.0. The van der Waals surface area contributed by atoms with Crippen molar-refractivity contribution in [2.45, 2.75) is 70.4 Å². The van der Waals surface area contributed by atoms with Gasteiger partial charge in [0.15, 0.2) is 0 Å². The fourth-order valence-electron chi connectivity index (χ4n) is 4.95. The van der Waals surface area contributed by atoms with E-state index in [0.717, 1.165) is 30.3 Å². The highest BCUT2D eigenvalue weighted by Crippen LogP contribution is 2.50. The fraction of sp³-hybridized carbons (Fsp3) is 1.00. The molecule has 3 fully saturated rings. The first-order valence-electron chi connectivity index (χ1n) is 8.13. The number of piperidine rings is 1. The van der Waals surface area contributed by atoms with Crippen LogP contribution in [0.1, 0.15) is 58.8 Å². The van der Waals surface area contributed by atoms with Crippen molar-refractivity contribution >= 4 is 0 Å². The van der Waals surface area contributed by atoms with Gasteiger partial charge in [0.2, 0.25) is 0 Å².